The second kappa shape index (κ2) is 6.29. The van der Waals surface area contributed by atoms with Crippen molar-refractivity contribution >= 4 is 5.69 Å². The maximum absolute atomic E-state index is 11.9. The van der Waals surface area contributed by atoms with Gasteiger partial charge < -0.3 is 20.1 Å². The number of alkyl halides is 2. The molecule has 1 aromatic heterocycles. The minimum absolute atomic E-state index is 0.0665. The van der Waals surface area contributed by atoms with Crippen LogP contribution in [-0.4, -0.2) is 34.9 Å². The molecule has 2 aromatic rings. The van der Waals surface area contributed by atoms with Crippen LogP contribution < -0.4 is 5.73 Å². The first-order valence-corrected chi connectivity index (χ1v) is 5.83. The van der Waals surface area contributed by atoms with Gasteiger partial charge in [0.05, 0.1) is 12.2 Å². The van der Waals surface area contributed by atoms with Gasteiger partial charge in [0.2, 0.25) is 0 Å². The van der Waals surface area contributed by atoms with Gasteiger partial charge in [0.1, 0.15) is 12.4 Å². The number of hydrogen-bond acceptors (Lipinski definition) is 6. The molecule has 0 aliphatic heterocycles. The average Bonchev–Trinajstić information content (AvgIpc) is 2.83. The van der Waals surface area contributed by atoms with Gasteiger partial charge in [0, 0.05) is 18.2 Å². The van der Waals surface area contributed by atoms with E-state index >= 15 is 0 Å². The van der Waals surface area contributed by atoms with Crippen LogP contribution in [-0.2, 0) is 11.2 Å². The predicted octanol–water partition coefficient (Wildman–Crippen LogP) is 1.85. The normalized spacial score (nSPS) is 11.2. The van der Waals surface area contributed by atoms with Crippen LogP contribution in [0.1, 0.15) is 5.82 Å². The number of aromatic nitrogens is 2. The van der Waals surface area contributed by atoms with Crippen molar-refractivity contribution in [2.24, 2.45) is 0 Å². The highest BCUT2D eigenvalue weighted by molar-refractivity contribution is 5.66. The first kappa shape index (κ1) is 14.2. The molecular formula is C12H13F2N3O3. The van der Waals surface area contributed by atoms with Gasteiger partial charge in [0.15, 0.2) is 5.82 Å². The SMILES string of the molecule is Nc1ccc(-c2nc(CCOCC(F)F)no2)c(O)c1. The Morgan fingerprint density at radius 2 is 2.20 bits per heavy atom. The van der Waals surface area contributed by atoms with Crippen molar-refractivity contribution in [3.05, 3.63) is 24.0 Å². The fraction of sp³-hybridized carbons (Fsp3) is 0.333. The van der Waals surface area contributed by atoms with Gasteiger partial charge in [-0.3, -0.25) is 0 Å². The molecule has 8 heteroatoms. The highest BCUT2D eigenvalue weighted by Crippen LogP contribution is 2.29. The highest BCUT2D eigenvalue weighted by Gasteiger charge is 2.13. The first-order chi connectivity index (χ1) is 9.56. The lowest BCUT2D eigenvalue weighted by Crippen LogP contribution is -2.07. The number of rotatable bonds is 6. The Bertz CT molecular complexity index is 575. The molecule has 0 spiro atoms. The summed E-state index contributed by atoms with van der Waals surface area (Å²) in [6, 6.07) is 4.50. The number of nitrogens with two attached hydrogens (primary N) is 1. The van der Waals surface area contributed by atoms with Crippen molar-refractivity contribution in [2.75, 3.05) is 18.9 Å². The molecule has 0 saturated heterocycles. The van der Waals surface area contributed by atoms with E-state index in [2.05, 4.69) is 10.1 Å². The number of hydrogen-bond donors (Lipinski definition) is 2. The molecule has 1 heterocycles. The molecule has 0 aliphatic rings. The van der Waals surface area contributed by atoms with Crippen LogP contribution in [0.5, 0.6) is 5.75 Å². The van der Waals surface area contributed by atoms with E-state index in [1.54, 1.807) is 12.1 Å². The zero-order valence-electron chi connectivity index (χ0n) is 10.4. The maximum atomic E-state index is 11.9. The number of phenols is 1. The quantitative estimate of drug-likeness (QED) is 0.621. The summed E-state index contributed by atoms with van der Waals surface area (Å²) in [6.07, 6.45) is -2.26. The standard InChI is InChI=1S/C12H13F2N3O3/c13-10(14)6-19-4-3-11-16-12(20-17-11)8-2-1-7(15)5-9(8)18/h1-2,5,10,18H,3-4,6,15H2. The van der Waals surface area contributed by atoms with E-state index in [0.717, 1.165) is 0 Å². The van der Waals surface area contributed by atoms with Gasteiger partial charge in [0.25, 0.3) is 12.3 Å². The fourth-order valence-corrected chi connectivity index (χ4v) is 1.53. The smallest absolute Gasteiger partial charge is 0.261 e. The molecule has 0 fully saturated rings. The molecule has 20 heavy (non-hydrogen) atoms. The molecule has 0 aliphatic carbocycles. The van der Waals surface area contributed by atoms with E-state index in [4.69, 9.17) is 15.0 Å². The van der Waals surface area contributed by atoms with Gasteiger partial charge in [-0.15, -0.1) is 0 Å². The summed E-state index contributed by atoms with van der Waals surface area (Å²) in [5, 5.41) is 13.4. The van der Waals surface area contributed by atoms with Crippen LogP contribution in [0.15, 0.2) is 22.7 Å². The highest BCUT2D eigenvalue weighted by atomic mass is 19.3. The van der Waals surface area contributed by atoms with Crippen LogP contribution in [0.4, 0.5) is 14.5 Å². The van der Waals surface area contributed by atoms with Crippen LogP contribution in [0, 0.1) is 0 Å². The summed E-state index contributed by atoms with van der Waals surface area (Å²) in [7, 11) is 0. The van der Waals surface area contributed by atoms with Crippen LogP contribution in [0.3, 0.4) is 0 Å². The van der Waals surface area contributed by atoms with Crippen molar-refractivity contribution in [2.45, 2.75) is 12.8 Å². The molecule has 0 atom stereocenters. The summed E-state index contributed by atoms with van der Waals surface area (Å²) >= 11 is 0. The summed E-state index contributed by atoms with van der Waals surface area (Å²) in [5.41, 5.74) is 6.27. The number of ether oxygens (including phenoxy) is 1. The summed E-state index contributed by atoms with van der Waals surface area (Å²) < 4.78 is 33.4. The lowest BCUT2D eigenvalue weighted by atomic mass is 10.2. The maximum Gasteiger partial charge on any atom is 0.261 e. The predicted molar refractivity (Wildman–Crippen MR) is 66.3 cm³/mol. The number of phenolic OH excluding ortho intramolecular Hbond substituents is 1. The Balaban J connectivity index is 1.98. The first-order valence-electron chi connectivity index (χ1n) is 5.83. The summed E-state index contributed by atoms with van der Waals surface area (Å²) in [5.74, 6) is 0.367. The Morgan fingerprint density at radius 3 is 2.90 bits per heavy atom. The molecule has 3 N–H and O–H groups in total. The number of halogens is 2. The molecule has 2 rings (SSSR count). The monoisotopic (exact) mass is 285 g/mol. The van der Waals surface area contributed by atoms with E-state index < -0.39 is 13.0 Å². The Morgan fingerprint density at radius 1 is 1.40 bits per heavy atom. The van der Waals surface area contributed by atoms with Crippen molar-refractivity contribution < 1.29 is 23.1 Å². The molecule has 0 unspecified atom stereocenters. The van der Waals surface area contributed by atoms with Crippen molar-refractivity contribution in [3.63, 3.8) is 0 Å². The molecule has 1 aromatic carbocycles. The van der Waals surface area contributed by atoms with Gasteiger partial charge in [-0.05, 0) is 12.1 Å². The molecule has 0 bridgehead atoms. The topological polar surface area (TPSA) is 94.4 Å². The lowest BCUT2D eigenvalue weighted by molar-refractivity contribution is 0.0182. The number of anilines is 1. The third-order valence-electron chi connectivity index (χ3n) is 2.43. The fourth-order valence-electron chi connectivity index (χ4n) is 1.53. The largest absolute Gasteiger partial charge is 0.507 e. The van der Waals surface area contributed by atoms with E-state index in [-0.39, 0.29) is 24.7 Å². The second-order valence-electron chi connectivity index (χ2n) is 4.01. The average molecular weight is 285 g/mol. The lowest BCUT2D eigenvalue weighted by Gasteiger charge is -2.00. The van der Waals surface area contributed by atoms with E-state index in [0.29, 0.717) is 17.1 Å². The molecule has 0 radical (unpaired) electrons. The number of benzene rings is 1. The number of nitrogen functional groups attached to an aromatic ring is 1. The Kier molecular flexibility index (Phi) is 4.46. The van der Waals surface area contributed by atoms with Crippen LogP contribution in [0.25, 0.3) is 11.5 Å². The second-order valence-corrected chi connectivity index (χ2v) is 4.01. The van der Waals surface area contributed by atoms with Crippen molar-refractivity contribution in [1.82, 2.24) is 10.1 Å². The van der Waals surface area contributed by atoms with Crippen molar-refractivity contribution in [3.8, 4) is 17.2 Å². The van der Waals surface area contributed by atoms with E-state index in [1.807, 2.05) is 0 Å². The van der Waals surface area contributed by atoms with Crippen LogP contribution >= 0.6 is 0 Å². The van der Waals surface area contributed by atoms with E-state index in [9.17, 15) is 13.9 Å². The molecular weight excluding hydrogens is 272 g/mol. The summed E-state index contributed by atoms with van der Waals surface area (Å²) in [6.45, 7) is -0.555. The number of aromatic hydroxyl groups is 1. The number of nitrogens with zero attached hydrogens (tertiary/aromatic N) is 2. The Hall–Kier alpha value is -2.22. The minimum atomic E-state index is -2.50. The van der Waals surface area contributed by atoms with Crippen LogP contribution in [0.2, 0.25) is 0 Å². The minimum Gasteiger partial charge on any atom is -0.507 e. The molecule has 0 amide bonds. The van der Waals surface area contributed by atoms with E-state index in [1.165, 1.54) is 6.07 Å². The van der Waals surface area contributed by atoms with Crippen molar-refractivity contribution in [1.29, 1.82) is 0 Å². The third kappa shape index (κ3) is 3.64. The molecule has 108 valence electrons. The zero-order valence-corrected chi connectivity index (χ0v) is 10.4. The zero-order chi connectivity index (χ0) is 14.5. The molecule has 0 saturated carbocycles. The van der Waals surface area contributed by atoms with Gasteiger partial charge in [-0.2, -0.15) is 4.98 Å². The molecule has 6 nitrogen and oxygen atoms in total. The summed E-state index contributed by atoms with van der Waals surface area (Å²) in [4.78, 5) is 4.04. The Labute approximate surface area is 113 Å². The van der Waals surface area contributed by atoms with Gasteiger partial charge in [-0.1, -0.05) is 5.16 Å². The van der Waals surface area contributed by atoms with Gasteiger partial charge in [-0.25, -0.2) is 8.78 Å². The van der Waals surface area contributed by atoms with Gasteiger partial charge >= 0.3 is 0 Å². The third-order valence-corrected chi connectivity index (χ3v) is 2.43.